The molecule has 2 saturated carbocycles. The number of hydrogen-bond acceptors (Lipinski definition) is 7. The average Bonchev–Trinajstić information content (AvgIpc) is 3.63. The lowest BCUT2D eigenvalue weighted by Gasteiger charge is -2.24. The Balaban J connectivity index is 1.41. The Hall–Kier alpha value is -2.84. The van der Waals surface area contributed by atoms with Crippen molar-refractivity contribution in [2.75, 3.05) is 19.3 Å². The molecule has 1 aliphatic heterocycles. The fourth-order valence-electron chi connectivity index (χ4n) is 4.79. The summed E-state index contributed by atoms with van der Waals surface area (Å²) < 4.78 is 114. The molecule has 0 bridgehead atoms. The van der Waals surface area contributed by atoms with E-state index in [1.165, 1.54) is 4.90 Å². The van der Waals surface area contributed by atoms with Gasteiger partial charge >= 0.3 is 12.4 Å². The van der Waals surface area contributed by atoms with Crippen molar-refractivity contribution < 1.29 is 48.8 Å². The fourth-order valence-corrected chi connectivity index (χ4v) is 5.43. The van der Waals surface area contributed by atoms with Crippen molar-refractivity contribution in [2.45, 2.75) is 60.4 Å². The number of carbonyl (C=O) groups excluding carboxylic acids is 1. The summed E-state index contributed by atoms with van der Waals surface area (Å²) in [6.45, 7) is 0.858. The van der Waals surface area contributed by atoms with E-state index >= 15 is 0 Å². The van der Waals surface area contributed by atoms with Crippen LogP contribution in [-0.4, -0.2) is 67.2 Å². The summed E-state index contributed by atoms with van der Waals surface area (Å²) in [6.07, 6.45) is -10.5. The van der Waals surface area contributed by atoms with Crippen LogP contribution >= 0.6 is 0 Å². The quantitative estimate of drug-likeness (QED) is 0.502. The lowest BCUT2D eigenvalue weighted by molar-refractivity contribution is -0.189. The molecule has 1 saturated heterocycles. The van der Waals surface area contributed by atoms with E-state index in [2.05, 4.69) is 10.1 Å². The first kappa shape index (κ1) is 25.8. The van der Waals surface area contributed by atoms with E-state index in [-0.39, 0.29) is 48.1 Å². The number of carbonyl (C=O) groups is 1. The topological polar surface area (TPSA) is 103 Å². The number of piperidine rings is 1. The molecular weight excluding hydrogens is 532 g/mol. The summed E-state index contributed by atoms with van der Waals surface area (Å²) in [5.74, 6) is -1.89. The number of fused-ring (bicyclic) bond motifs is 1. The van der Waals surface area contributed by atoms with Crippen LogP contribution in [0.15, 0.2) is 27.6 Å². The van der Waals surface area contributed by atoms with Gasteiger partial charge < -0.3 is 14.2 Å². The zero-order valence-corrected chi connectivity index (χ0v) is 20.3. The molecule has 8 nitrogen and oxygen atoms in total. The molecule has 0 N–H and O–H groups in total. The number of rotatable bonds is 6. The van der Waals surface area contributed by atoms with Crippen LogP contribution in [-0.2, 0) is 20.7 Å². The number of benzene rings is 1. The van der Waals surface area contributed by atoms with E-state index in [4.69, 9.17) is 9.26 Å². The third-order valence-electron chi connectivity index (χ3n) is 7.38. The lowest BCUT2D eigenvalue weighted by atomic mass is 10.0. The largest absolute Gasteiger partial charge is 0.480 e. The minimum Gasteiger partial charge on any atom is -0.480 e. The van der Waals surface area contributed by atoms with Gasteiger partial charge in [0.1, 0.15) is 11.2 Å². The summed E-state index contributed by atoms with van der Waals surface area (Å²) in [5, 5.41) is 3.78. The molecular formula is C22H21F6N3O5S. The zero-order valence-electron chi connectivity index (χ0n) is 19.5. The maximum absolute atomic E-state index is 13.4. The smallest absolute Gasteiger partial charge is 0.425 e. The Bertz CT molecular complexity index is 1370. The van der Waals surface area contributed by atoms with Gasteiger partial charge in [0.05, 0.1) is 15.9 Å². The summed E-state index contributed by atoms with van der Waals surface area (Å²) in [6, 6.07) is 3.00. The van der Waals surface area contributed by atoms with Crippen LogP contribution in [0, 0.1) is 5.92 Å². The molecule has 2 aromatic rings. The second-order valence-corrected chi connectivity index (χ2v) is 12.0. The van der Waals surface area contributed by atoms with Gasteiger partial charge in [-0.25, -0.2) is 8.42 Å². The third kappa shape index (κ3) is 4.24. The van der Waals surface area contributed by atoms with Crippen LogP contribution in [0.5, 0.6) is 5.75 Å². The number of sulfone groups is 1. The van der Waals surface area contributed by atoms with Gasteiger partial charge in [0, 0.05) is 19.3 Å². The molecule has 0 radical (unpaired) electrons. The first-order valence-corrected chi connectivity index (χ1v) is 13.2. The molecule has 202 valence electrons. The number of nitrogens with zero attached hydrogens (tertiary/aromatic N) is 3. The first-order chi connectivity index (χ1) is 17.0. The highest BCUT2D eigenvalue weighted by molar-refractivity contribution is 7.90. The molecule has 3 fully saturated rings. The van der Waals surface area contributed by atoms with Crippen LogP contribution in [0.4, 0.5) is 26.3 Å². The second kappa shape index (κ2) is 7.84. The molecule has 5 rings (SSSR count). The highest BCUT2D eigenvalue weighted by atomic mass is 32.2. The van der Waals surface area contributed by atoms with Gasteiger partial charge in [-0.3, -0.25) is 4.79 Å². The van der Waals surface area contributed by atoms with Gasteiger partial charge in [-0.15, -0.1) is 0 Å². The summed E-state index contributed by atoms with van der Waals surface area (Å²) in [4.78, 5) is 18.4. The van der Waals surface area contributed by atoms with Crippen molar-refractivity contribution in [1.82, 2.24) is 15.0 Å². The molecule has 2 unspecified atom stereocenters. The van der Waals surface area contributed by atoms with Crippen LogP contribution in [0.2, 0.25) is 0 Å². The van der Waals surface area contributed by atoms with E-state index in [1.54, 1.807) is 0 Å². The van der Waals surface area contributed by atoms with Crippen molar-refractivity contribution in [2.24, 2.45) is 5.92 Å². The minimum absolute atomic E-state index is 0.0220. The highest BCUT2D eigenvalue weighted by Gasteiger charge is 2.70. The van der Waals surface area contributed by atoms with Crippen molar-refractivity contribution in [3.05, 3.63) is 35.5 Å². The van der Waals surface area contributed by atoms with Gasteiger partial charge in [-0.2, -0.15) is 31.3 Å². The number of likely N-dealkylation sites (tertiary alicyclic amines) is 1. The monoisotopic (exact) mass is 553 g/mol. The molecule has 2 aliphatic carbocycles. The maximum atomic E-state index is 13.4. The zero-order chi connectivity index (χ0) is 27.2. The molecule has 15 heteroatoms. The number of alkyl halides is 6. The molecule has 1 amide bonds. The molecule has 0 spiro atoms. The number of aromatic nitrogens is 2. The lowest BCUT2D eigenvalue weighted by Crippen LogP contribution is -2.35. The van der Waals surface area contributed by atoms with Gasteiger partial charge in [0.2, 0.25) is 5.89 Å². The molecule has 1 aromatic carbocycles. The van der Waals surface area contributed by atoms with E-state index in [9.17, 15) is 39.6 Å². The van der Waals surface area contributed by atoms with Crippen LogP contribution in [0.1, 0.15) is 48.3 Å². The normalized spacial score (nSPS) is 25.5. The first-order valence-electron chi connectivity index (χ1n) is 11.3. The maximum Gasteiger partial charge on any atom is 0.425 e. The van der Waals surface area contributed by atoms with E-state index in [0.29, 0.717) is 6.42 Å². The van der Waals surface area contributed by atoms with Crippen LogP contribution in [0.25, 0.3) is 0 Å². The molecule has 3 aliphatic rings. The van der Waals surface area contributed by atoms with Gasteiger partial charge in [-0.1, -0.05) is 5.16 Å². The van der Waals surface area contributed by atoms with Gasteiger partial charge in [0.15, 0.2) is 21.8 Å². The number of amides is 1. The highest BCUT2D eigenvalue weighted by Crippen LogP contribution is 2.61. The molecule has 3 atom stereocenters. The molecule has 1 aromatic heterocycles. The predicted octanol–water partition coefficient (Wildman–Crippen LogP) is 3.81. The Kier molecular flexibility index (Phi) is 5.46. The van der Waals surface area contributed by atoms with E-state index < -0.39 is 56.7 Å². The predicted molar refractivity (Wildman–Crippen MR) is 113 cm³/mol. The number of halogens is 6. The Morgan fingerprint density at radius 1 is 1.22 bits per heavy atom. The van der Waals surface area contributed by atoms with Crippen molar-refractivity contribution in [3.63, 3.8) is 0 Å². The van der Waals surface area contributed by atoms with E-state index in [0.717, 1.165) is 31.4 Å². The Morgan fingerprint density at radius 3 is 2.46 bits per heavy atom. The number of ether oxygens (including phenoxy) is 1. The Morgan fingerprint density at radius 2 is 1.89 bits per heavy atom. The molecule has 37 heavy (non-hydrogen) atoms. The van der Waals surface area contributed by atoms with Crippen molar-refractivity contribution in [3.8, 4) is 5.75 Å². The van der Waals surface area contributed by atoms with Gasteiger partial charge in [0.25, 0.3) is 5.91 Å². The van der Waals surface area contributed by atoms with Crippen molar-refractivity contribution >= 4 is 15.7 Å². The fraction of sp³-hybridized carbons (Fsp3) is 0.591. The third-order valence-corrected chi connectivity index (χ3v) is 8.49. The van der Waals surface area contributed by atoms with Crippen molar-refractivity contribution in [1.29, 1.82) is 0 Å². The molecule has 2 heterocycles. The second-order valence-electron chi connectivity index (χ2n) is 9.98. The summed E-state index contributed by atoms with van der Waals surface area (Å²) >= 11 is 0. The van der Waals surface area contributed by atoms with E-state index in [1.807, 2.05) is 0 Å². The standard InChI is InChI=1S/C22H21F6N3O5S/c1-11(21(23,24)25)35-15-4-3-13(37(2,33)34)7-14(15)16(32)31-9-12-8-19(12,10-31)17-29-18(36-30-17)20(5-6-20)22(26,27)28/h3-4,7,11-12H,5-6,8-10H2,1-2H3/t11-,12?,19?/m0/s1. The summed E-state index contributed by atoms with van der Waals surface area (Å²) in [7, 11) is -3.80. The average molecular weight is 553 g/mol. The van der Waals surface area contributed by atoms with Crippen LogP contribution in [0.3, 0.4) is 0 Å². The minimum atomic E-state index is -4.74. The Labute approximate surface area is 206 Å². The SMILES string of the molecule is C[C@H](Oc1ccc(S(C)(=O)=O)cc1C(=O)N1CC2CC2(c2noc(C3(C(F)(F)F)CC3)n2)C1)C(F)(F)F. The van der Waals surface area contributed by atoms with Gasteiger partial charge in [-0.05, 0) is 50.3 Å². The number of hydrogen-bond donors (Lipinski definition) is 0. The van der Waals surface area contributed by atoms with Crippen LogP contribution < -0.4 is 4.74 Å². The summed E-state index contributed by atoms with van der Waals surface area (Å²) in [5.41, 5.74) is -3.37.